The second-order valence-electron chi connectivity index (χ2n) is 8.46. The van der Waals surface area contributed by atoms with Gasteiger partial charge in [-0.1, -0.05) is 5.16 Å². The van der Waals surface area contributed by atoms with Gasteiger partial charge in [-0.05, 0) is 0 Å². The molecule has 4 atom stereocenters. The van der Waals surface area contributed by atoms with Gasteiger partial charge in [0.15, 0.2) is 10.8 Å². The van der Waals surface area contributed by atoms with Gasteiger partial charge in [-0.15, -0.1) is 23.1 Å². The van der Waals surface area contributed by atoms with Gasteiger partial charge in [0.25, 0.3) is 11.8 Å². The number of aliphatic hydroxyl groups is 1. The third-order valence-corrected chi connectivity index (χ3v) is 8.47. The molecule has 0 spiro atoms. The van der Waals surface area contributed by atoms with Gasteiger partial charge in [-0.25, -0.2) is 4.98 Å². The normalized spacial score (nSPS) is 29.6. The predicted molar refractivity (Wildman–Crippen MR) is 118 cm³/mol. The first-order valence-corrected chi connectivity index (χ1v) is 12.2. The Hall–Kier alpha value is -2.68. The number of carbonyl (C=O) groups excluding carboxylic acids is 3. The van der Waals surface area contributed by atoms with E-state index < -0.39 is 34.9 Å². The standard InChI is InChI=1S/C19H24N6O6S2/c1-25(4-2-3-10(25)6-26)5-9-7-32-17-13(16(28)24(17)14(9)18(29)30)22-15(27)12(23-31)11-8-33-19(20)21-11/h8,10,13,17,26H,2-7H2,1H3,(H4-,20,21,22,27,29,30,31)/t10?,13?,17-,25?/m0/s1. The highest BCUT2D eigenvalue weighted by Gasteiger charge is 2.54. The molecule has 0 bridgehead atoms. The molecule has 0 radical (unpaired) electrons. The first-order chi connectivity index (χ1) is 15.7. The Bertz CT molecular complexity index is 1060. The molecule has 2 saturated heterocycles. The van der Waals surface area contributed by atoms with Crippen LogP contribution in [-0.2, 0) is 14.4 Å². The average Bonchev–Trinajstić information content (AvgIpc) is 3.37. The number of anilines is 1. The second kappa shape index (κ2) is 8.93. The lowest BCUT2D eigenvalue weighted by Crippen LogP contribution is -2.72. The van der Waals surface area contributed by atoms with E-state index in [9.17, 15) is 29.8 Å². The van der Waals surface area contributed by atoms with Gasteiger partial charge in [-0.3, -0.25) is 14.5 Å². The zero-order chi connectivity index (χ0) is 23.9. The molecule has 1 aromatic rings. The van der Waals surface area contributed by atoms with Crippen LogP contribution in [0.25, 0.3) is 0 Å². The third-order valence-electron chi connectivity index (χ3n) is 6.46. The maximum Gasteiger partial charge on any atom is 0.276 e. The lowest BCUT2D eigenvalue weighted by molar-refractivity contribution is -0.917. The molecular weight excluding hydrogens is 472 g/mol. The molecule has 2 amide bonds. The molecule has 1 aromatic heterocycles. The molecule has 0 saturated carbocycles. The van der Waals surface area contributed by atoms with E-state index in [0.29, 0.717) is 22.4 Å². The summed E-state index contributed by atoms with van der Waals surface area (Å²) in [6, 6.07) is -0.980. The summed E-state index contributed by atoms with van der Waals surface area (Å²) in [7, 11) is 1.98. The van der Waals surface area contributed by atoms with Gasteiger partial charge >= 0.3 is 0 Å². The van der Waals surface area contributed by atoms with E-state index in [0.717, 1.165) is 35.6 Å². The largest absolute Gasteiger partial charge is 0.543 e. The zero-order valence-electron chi connectivity index (χ0n) is 17.8. The highest BCUT2D eigenvalue weighted by Crippen LogP contribution is 2.41. The van der Waals surface area contributed by atoms with Crippen LogP contribution in [0.3, 0.4) is 0 Å². The van der Waals surface area contributed by atoms with Crippen LogP contribution in [0.15, 0.2) is 21.8 Å². The number of carboxylic acids is 1. The van der Waals surface area contributed by atoms with Crippen LogP contribution >= 0.6 is 23.1 Å². The number of nitrogens with one attached hydrogen (secondary N) is 1. The number of aliphatic hydroxyl groups excluding tert-OH is 1. The number of hydrogen-bond donors (Lipinski definition) is 4. The van der Waals surface area contributed by atoms with E-state index in [2.05, 4.69) is 15.5 Å². The molecule has 5 N–H and O–H groups in total. The van der Waals surface area contributed by atoms with Gasteiger partial charge in [-0.2, -0.15) is 0 Å². The number of hydrogen-bond acceptors (Lipinski definition) is 11. The molecule has 33 heavy (non-hydrogen) atoms. The highest BCUT2D eigenvalue weighted by atomic mass is 32.2. The quantitative estimate of drug-likeness (QED) is 0.108. The van der Waals surface area contributed by atoms with Crippen molar-refractivity contribution in [1.29, 1.82) is 0 Å². The van der Waals surface area contributed by atoms with Crippen LogP contribution in [0.4, 0.5) is 5.13 Å². The average molecular weight is 497 g/mol. The maximum absolute atomic E-state index is 12.9. The molecule has 12 nitrogen and oxygen atoms in total. The molecule has 3 aliphatic heterocycles. The van der Waals surface area contributed by atoms with E-state index in [4.69, 9.17) is 5.73 Å². The van der Waals surface area contributed by atoms with Crippen LogP contribution in [-0.4, -0.2) is 98.1 Å². The van der Waals surface area contributed by atoms with Crippen LogP contribution in [0.5, 0.6) is 0 Å². The van der Waals surface area contributed by atoms with Crippen molar-refractivity contribution >= 4 is 51.7 Å². The Balaban J connectivity index is 1.52. The van der Waals surface area contributed by atoms with Gasteiger partial charge in [0.2, 0.25) is 0 Å². The Kier molecular flexibility index (Phi) is 6.35. The number of thiazole rings is 1. The van der Waals surface area contributed by atoms with Crippen LogP contribution in [0.1, 0.15) is 18.5 Å². The molecular formula is C19H24N6O6S2. The summed E-state index contributed by atoms with van der Waals surface area (Å²) < 4.78 is 0.503. The van der Waals surface area contributed by atoms with Crippen molar-refractivity contribution in [2.75, 3.05) is 38.2 Å². The molecule has 0 aromatic carbocycles. The minimum atomic E-state index is -1.45. The number of aromatic nitrogens is 1. The molecule has 3 aliphatic rings. The summed E-state index contributed by atoms with van der Waals surface area (Å²) in [5.74, 6) is -2.52. The topological polar surface area (TPSA) is 181 Å². The first-order valence-electron chi connectivity index (χ1n) is 10.3. The summed E-state index contributed by atoms with van der Waals surface area (Å²) in [4.78, 5) is 42.5. The summed E-state index contributed by atoms with van der Waals surface area (Å²) >= 11 is 2.40. The van der Waals surface area contributed by atoms with Crippen LogP contribution in [0, 0.1) is 0 Å². The minimum absolute atomic E-state index is 0.0103. The fourth-order valence-electron chi connectivity index (χ4n) is 4.73. The number of nitrogens with two attached hydrogens (primary N) is 1. The lowest BCUT2D eigenvalue weighted by Gasteiger charge is -2.51. The van der Waals surface area contributed by atoms with Gasteiger partial charge in [0.1, 0.15) is 29.7 Å². The van der Waals surface area contributed by atoms with Gasteiger partial charge < -0.3 is 35.7 Å². The molecule has 0 aliphatic carbocycles. The number of thioether (sulfide) groups is 1. The van der Waals surface area contributed by atoms with E-state index in [1.807, 2.05) is 7.05 Å². The Labute approximate surface area is 197 Å². The summed E-state index contributed by atoms with van der Waals surface area (Å²) in [5.41, 5.74) is 5.63. The number of likely N-dealkylation sites (tertiary alicyclic amines) is 1. The smallest absolute Gasteiger partial charge is 0.276 e. The number of quaternary nitrogens is 1. The molecule has 4 rings (SSSR count). The van der Waals surface area contributed by atoms with E-state index in [1.54, 1.807) is 0 Å². The minimum Gasteiger partial charge on any atom is -0.543 e. The predicted octanol–water partition coefficient (Wildman–Crippen LogP) is -2.09. The number of aliphatic carboxylic acids is 1. The SMILES string of the molecule is C[N+]1(CC2=C(C(=O)[O-])N3C(=O)C(NC(=O)C(=NO)c4csc(N)n4)[C@@H]3SC2)CCCC1CO. The number of β-lactam (4-membered cyclic amide) rings is 1. The van der Waals surface area contributed by atoms with Gasteiger partial charge in [0.05, 0.1) is 31.9 Å². The maximum atomic E-state index is 12.9. The highest BCUT2D eigenvalue weighted by molar-refractivity contribution is 8.00. The number of rotatable bonds is 7. The van der Waals surface area contributed by atoms with E-state index >= 15 is 0 Å². The molecule has 178 valence electrons. The number of likely N-dealkylation sites (N-methyl/N-ethyl adjacent to an activating group) is 1. The lowest BCUT2D eigenvalue weighted by atomic mass is 10.0. The monoisotopic (exact) mass is 496 g/mol. The van der Waals surface area contributed by atoms with Crippen molar-refractivity contribution in [3.8, 4) is 0 Å². The van der Waals surface area contributed by atoms with Gasteiger partial charge in [0, 0.05) is 29.5 Å². The Morgan fingerprint density at radius 3 is 2.85 bits per heavy atom. The number of amides is 2. The fraction of sp³-hybridized carbons (Fsp3) is 0.526. The number of nitrogens with zero attached hydrogens (tertiary/aromatic N) is 4. The van der Waals surface area contributed by atoms with Crippen molar-refractivity contribution in [1.82, 2.24) is 15.2 Å². The summed E-state index contributed by atoms with van der Waals surface area (Å²) in [6.07, 6.45) is 1.79. The van der Waals surface area contributed by atoms with E-state index in [1.165, 1.54) is 17.1 Å². The zero-order valence-corrected chi connectivity index (χ0v) is 19.4. The summed E-state index contributed by atoms with van der Waals surface area (Å²) in [6.45, 7) is 1.21. The first kappa shape index (κ1) is 23.5. The van der Waals surface area contributed by atoms with Crippen molar-refractivity contribution in [2.24, 2.45) is 5.16 Å². The fourth-order valence-corrected chi connectivity index (χ4v) is 6.61. The molecule has 2 fully saturated rings. The number of nitrogen functional groups attached to an aromatic ring is 1. The number of oxime groups is 1. The van der Waals surface area contributed by atoms with Crippen molar-refractivity contribution in [3.63, 3.8) is 0 Å². The Morgan fingerprint density at radius 1 is 1.48 bits per heavy atom. The van der Waals surface area contributed by atoms with Crippen molar-refractivity contribution in [2.45, 2.75) is 30.3 Å². The second-order valence-corrected chi connectivity index (χ2v) is 10.5. The number of fused-ring (bicyclic) bond motifs is 1. The van der Waals surface area contributed by atoms with E-state index in [-0.39, 0.29) is 29.2 Å². The van der Waals surface area contributed by atoms with Crippen molar-refractivity contribution in [3.05, 3.63) is 22.3 Å². The number of carbonyl (C=O) groups is 3. The summed E-state index contributed by atoms with van der Waals surface area (Å²) in [5, 5.41) is 37.4. The molecule has 4 heterocycles. The Morgan fingerprint density at radius 2 is 2.24 bits per heavy atom. The third kappa shape index (κ3) is 4.07. The molecule has 3 unspecified atom stereocenters. The molecule has 14 heteroatoms. The van der Waals surface area contributed by atoms with Crippen LogP contribution in [0.2, 0.25) is 0 Å². The van der Waals surface area contributed by atoms with Crippen molar-refractivity contribution < 1.29 is 34.3 Å². The number of carboxylic acid groups (broad SMARTS) is 1. The van der Waals surface area contributed by atoms with Crippen LogP contribution < -0.4 is 16.2 Å².